The molecule has 0 spiro atoms. The number of halogens is 1. The van der Waals surface area contributed by atoms with E-state index in [1.54, 1.807) is 0 Å². The van der Waals surface area contributed by atoms with Gasteiger partial charge in [0, 0.05) is 44.8 Å². The fourth-order valence-corrected chi connectivity index (χ4v) is 5.48. The number of aliphatic imine (C=N–C) groups is 1. The Morgan fingerprint density at radius 2 is 2.03 bits per heavy atom. The molecule has 0 bridgehead atoms. The number of hydrogen-bond donors (Lipinski definition) is 2. The molecular weight excluding hydrogens is 507 g/mol. The molecule has 0 amide bonds. The van der Waals surface area contributed by atoms with Crippen LogP contribution >= 0.6 is 35.3 Å². The van der Waals surface area contributed by atoms with Gasteiger partial charge in [-0.05, 0) is 74.9 Å². The Bertz CT molecular complexity index is 596. The highest BCUT2D eigenvalue weighted by Gasteiger charge is 2.33. The molecular formula is C23H41IN4OS. The van der Waals surface area contributed by atoms with Gasteiger partial charge in [-0.15, -0.1) is 35.3 Å². The van der Waals surface area contributed by atoms with Crippen LogP contribution in [0.25, 0.3) is 0 Å². The summed E-state index contributed by atoms with van der Waals surface area (Å²) in [5, 5.41) is 9.27. The molecule has 30 heavy (non-hydrogen) atoms. The van der Waals surface area contributed by atoms with Gasteiger partial charge in [0.15, 0.2) is 5.96 Å². The summed E-state index contributed by atoms with van der Waals surface area (Å²) >= 11 is 1.87. The molecule has 1 saturated carbocycles. The Morgan fingerprint density at radius 3 is 2.67 bits per heavy atom. The van der Waals surface area contributed by atoms with E-state index in [4.69, 9.17) is 9.73 Å². The van der Waals surface area contributed by atoms with Gasteiger partial charge in [-0.25, -0.2) is 0 Å². The van der Waals surface area contributed by atoms with Crippen molar-refractivity contribution in [3.63, 3.8) is 0 Å². The van der Waals surface area contributed by atoms with E-state index < -0.39 is 0 Å². The maximum absolute atomic E-state index is 5.37. The molecule has 1 saturated heterocycles. The molecule has 0 radical (unpaired) electrons. The maximum atomic E-state index is 5.37. The van der Waals surface area contributed by atoms with E-state index in [2.05, 4.69) is 40.0 Å². The third-order valence-corrected chi connectivity index (χ3v) is 7.50. The smallest absolute Gasteiger partial charge is 0.191 e. The van der Waals surface area contributed by atoms with Gasteiger partial charge in [0.05, 0.1) is 0 Å². The molecule has 172 valence electrons. The molecule has 1 aromatic heterocycles. The van der Waals surface area contributed by atoms with E-state index in [-0.39, 0.29) is 24.0 Å². The zero-order chi connectivity index (χ0) is 20.4. The summed E-state index contributed by atoms with van der Waals surface area (Å²) in [6, 6.07) is 4.41. The van der Waals surface area contributed by atoms with Crippen LogP contribution in [0.15, 0.2) is 22.5 Å². The number of hydrogen-bond acceptors (Lipinski definition) is 4. The van der Waals surface area contributed by atoms with E-state index >= 15 is 0 Å². The predicted octanol–water partition coefficient (Wildman–Crippen LogP) is 4.73. The van der Waals surface area contributed by atoms with Crippen LogP contribution in [0.2, 0.25) is 0 Å². The fraction of sp³-hybridized carbons (Fsp3) is 0.783. The third-order valence-electron chi connectivity index (χ3n) is 6.64. The first kappa shape index (κ1) is 25.9. The van der Waals surface area contributed by atoms with Crippen LogP contribution in [-0.2, 0) is 11.3 Å². The molecule has 5 nitrogen and oxygen atoms in total. The average molecular weight is 549 g/mol. The highest BCUT2D eigenvalue weighted by molar-refractivity contribution is 14.0. The van der Waals surface area contributed by atoms with Gasteiger partial charge in [-0.2, -0.15) is 0 Å². The molecule has 0 atom stereocenters. The fourth-order valence-electron chi connectivity index (χ4n) is 4.73. The summed E-state index contributed by atoms with van der Waals surface area (Å²) in [5.41, 5.74) is 0.353. The van der Waals surface area contributed by atoms with Crippen molar-refractivity contribution in [3.8, 4) is 0 Å². The highest BCUT2D eigenvalue weighted by atomic mass is 127. The van der Waals surface area contributed by atoms with Crippen molar-refractivity contribution in [2.75, 3.05) is 46.4 Å². The molecule has 1 aromatic rings. The van der Waals surface area contributed by atoms with Gasteiger partial charge in [-0.3, -0.25) is 9.89 Å². The monoisotopic (exact) mass is 548 g/mol. The van der Waals surface area contributed by atoms with E-state index in [9.17, 15) is 0 Å². The van der Waals surface area contributed by atoms with Gasteiger partial charge < -0.3 is 15.4 Å². The molecule has 3 rings (SSSR count). The van der Waals surface area contributed by atoms with E-state index in [0.29, 0.717) is 5.41 Å². The van der Waals surface area contributed by atoms with Crippen molar-refractivity contribution in [2.24, 2.45) is 16.3 Å². The molecule has 7 heteroatoms. The number of rotatable bonds is 10. The first-order chi connectivity index (χ1) is 14.2. The standard InChI is InChI=1S/C23H40N4OS.HI/c1-3-24-22(26-19-23(12-15-28-2)10-4-5-11-23)25-17-20-8-13-27(14-9-20)18-21-7-6-16-29-21;/h6-7,16,20H,3-5,8-15,17-19H2,1-2H3,(H2,24,25,26);1H. The van der Waals surface area contributed by atoms with Gasteiger partial charge in [0.1, 0.15) is 0 Å². The second kappa shape index (κ2) is 13.9. The van der Waals surface area contributed by atoms with Crippen LogP contribution in [0.1, 0.15) is 56.7 Å². The first-order valence-corrected chi connectivity index (χ1v) is 12.4. The van der Waals surface area contributed by atoms with E-state index in [0.717, 1.165) is 51.1 Å². The zero-order valence-corrected chi connectivity index (χ0v) is 22.0. The predicted molar refractivity (Wildman–Crippen MR) is 139 cm³/mol. The Balaban J connectivity index is 0.00000320. The van der Waals surface area contributed by atoms with Gasteiger partial charge in [-0.1, -0.05) is 18.9 Å². The summed E-state index contributed by atoms with van der Waals surface area (Å²) < 4.78 is 5.37. The summed E-state index contributed by atoms with van der Waals surface area (Å²) in [6.07, 6.45) is 8.95. The lowest BCUT2D eigenvalue weighted by Crippen LogP contribution is -2.43. The quantitative estimate of drug-likeness (QED) is 0.252. The van der Waals surface area contributed by atoms with Crippen molar-refractivity contribution in [1.82, 2.24) is 15.5 Å². The third kappa shape index (κ3) is 8.28. The largest absolute Gasteiger partial charge is 0.385 e. The average Bonchev–Trinajstić information content (AvgIpc) is 3.42. The normalized spacial score (nSPS) is 20.1. The molecule has 2 heterocycles. The Kier molecular flexibility index (Phi) is 12.0. The summed E-state index contributed by atoms with van der Waals surface area (Å²) in [4.78, 5) is 9.08. The Labute approximate surface area is 204 Å². The summed E-state index contributed by atoms with van der Waals surface area (Å²) in [5.74, 6) is 1.74. The maximum Gasteiger partial charge on any atom is 0.191 e. The number of nitrogens with one attached hydrogen (secondary N) is 2. The number of piperidine rings is 1. The minimum absolute atomic E-state index is 0. The number of likely N-dealkylation sites (tertiary alicyclic amines) is 1. The van der Waals surface area contributed by atoms with Gasteiger partial charge in [0.2, 0.25) is 0 Å². The minimum Gasteiger partial charge on any atom is -0.385 e. The van der Waals surface area contributed by atoms with Gasteiger partial charge in [0.25, 0.3) is 0 Å². The molecule has 0 unspecified atom stereocenters. The summed E-state index contributed by atoms with van der Waals surface area (Å²) in [7, 11) is 1.81. The Hall–Kier alpha value is -0.380. The van der Waals surface area contributed by atoms with Crippen LogP contribution in [0.5, 0.6) is 0 Å². The van der Waals surface area contributed by atoms with Gasteiger partial charge >= 0.3 is 0 Å². The van der Waals surface area contributed by atoms with Crippen LogP contribution < -0.4 is 10.6 Å². The lowest BCUT2D eigenvalue weighted by atomic mass is 9.83. The van der Waals surface area contributed by atoms with Crippen LogP contribution in [0, 0.1) is 11.3 Å². The topological polar surface area (TPSA) is 48.9 Å². The molecule has 0 aromatic carbocycles. The van der Waals surface area contributed by atoms with Crippen LogP contribution in [0.4, 0.5) is 0 Å². The van der Waals surface area contributed by atoms with Crippen molar-refractivity contribution in [3.05, 3.63) is 22.4 Å². The van der Waals surface area contributed by atoms with Crippen LogP contribution in [0.3, 0.4) is 0 Å². The van der Waals surface area contributed by atoms with Crippen molar-refractivity contribution in [2.45, 2.75) is 58.4 Å². The molecule has 1 aliphatic heterocycles. The first-order valence-electron chi connectivity index (χ1n) is 11.5. The van der Waals surface area contributed by atoms with Crippen molar-refractivity contribution in [1.29, 1.82) is 0 Å². The molecule has 2 aliphatic rings. The molecule has 1 aliphatic carbocycles. The number of nitrogens with zero attached hydrogens (tertiary/aromatic N) is 2. The van der Waals surface area contributed by atoms with E-state index in [1.165, 1.54) is 56.5 Å². The van der Waals surface area contributed by atoms with Crippen molar-refractivity contribution < 1.29 is 4.74 Å². The second-order valence-corrected chi connectivity index (χ2v) is 9.86. The number of guanidine groups is 1. The molecule has 2 N–H and O–H groups in total. The lowest BCUT2D eigenvalue weighted by molar-refractivity contribution is 0.141. The van der Waals surface area contributed by atoms with Crippen LogP contribution in [-0.4, -0.2) is 57.3 Å². The SMILES string of the molecule is CCNC(=NCC1(CCOC)CCCC1)NCC1CCN(Cc2cccs2)CC1.I. The zero-order valence-electron chi connectivity index (χ0n) is 18.8. The number of methoxy groups -OCH3 is 1. The lowest BCUT2D eigenvalue weighted by Gasteiger charge is -2.32. The Morgan fingerprint density at radius 1 is 1.27 bits per heavy atom. The number of thiophene rings is 1. The van der Waals surface area contributed by atoms with Crippen molar-refractivity contribution >= 4 is 41.3 Å². The minimum atomic E-state index is 0. The summed E-state index contributed by atoms with van der Waals surface area (Å²) in [6.45, 7) is 9.40. The van der Waals surface area contributed by atoms with E-state index in [1.807, 2.05) is 18.4 Å². The number of ether oxygens (including phenoxy) is 1. The highest BCUT2D eigenvalue weighted by Crippen LogP contribution is 2.41. The second-order valence-electron chi connectivity index (χ2n) is 8.82. The molecule has 2 fully saturated rings.